The van der Waals surface area contributed by atoms with Crippen LogP contribution in [0.5, 0.6) is 0 Å². The van der Waals surface area contributed by atoms with Crippen molar-refractivity contribution in [2.45, 2.75) is 57.5 Å². The molecule has 2 heteroatoms. The van der Waals surface area contributed by atoms with E-state index < -0.39 is 0 Å². The molecule has 0 spiro atoms. The Morgan fingerprint density at radius 3 is 1.87 bits per heavy atom. The summed E-state index contributed by atoms with van der Waals surface area (Å²) in [5, 5.41) is 0. The predicted molar refractivity (Wildman–Crippen MR) is 91.9 cm³/mol. The molecule has 0 unspecified atom stereocenters. The molecule has 0 aromatic carbocycles. The van der Waals surface area contributed by atoms with Crippen molar-refractivity contribution < 1.29 is 9.53 Å². The smallest absolute Gasteiger partial charge is 0.330 e. The van der Waals surface area contributed by atoms with E-state index in [1.165, 1.54) is 6.08 Å². The van der Waals surface area contributed by atoms with Crippen LogP contribution in [0.15, 0.2) is 12.7 Å². The van der Waals surface area contributed by atoms with E-state index in [4.69, 9.17) is 11.2 Å². The third-order valence-corrected chi connectivity index (χ3v) is 4.69. The molecular formula is C21H24O2. The molecule has 120 valence electrons. The molecule has 0 N–H and O–H groups in total. The molecule has 2 rings (SSSR count). The second-order valence-electron chi connectivity index (χ2n) is 6.37. The lowest BCUT2D eigenvalue weighted by Crippen LogP contribution is -2.23. The van der Waals surface area contributed by atoms with E-state index in [-0.39, 0.29) is 12.1 Å². The average molecular weight is 308 g/mol. The largest absolute Gasteiger partial charge is 0.459 e. The second kappa shape index (κ2) is 9.12. The number of rotatable bonds is 2. The van der Waals surface area contributed by atoms with Gasteiger partial charge >= 0.3 is 5.97 Å². The van der Waals surface area contributed by atoms with Crippen LogP contribution < -0.4 is 0 Å². The van der Waals surface area contributed by atoms with Gasteiger partial charge in [0, 0.05) is 23.8 Å². The lowest BCUT2D eigenvalue weighted by Gasteiger charge is -2.25. The first-order valence-corrected chi connectivity index (χ1v) is 8.51. The Morgan fingerprint density at radius 1 is 0.913 bits per heavy atom. The molecule has 2 nitrogen and oxygen atoms in total. The number of esters is 1. The minimum atomic E-state index is -0.316. The Hall–Kier alpha value is -2.11. The van der Waals surface area contributed by atoms with Gasteiger partial charge in [0.1, 0.15) is 6.10 Å². The Kier molecular flexibility index (Phi) is 6.84. The number of hydrogen-bond acceptors (Lipinski definition) is 2. The fourth-order valence-electron chi connectivity index (χ4n) is 3.30. The zero-order chi connectivity index (χ0) is 16.5. The summed E-state index contributed by atoms with van der Waals surface area (Å²) < 4.78 is 5.30. The summed E-state index contributed by atoms with van der Waals surface area (Å²) in [6, 6.07) is 0. The minimum Gasteiger partial charge on any atom is -0.459 e. The van der Waals surface area contributed by atoms with Crippen LogP contribution in [0.2, 0.25) is 0 Å². The van der Waals surface area contributed by atoms with Crippen molar-refractivity contribution in [3.8, 4) is 36.0 Å². The number of ether oxygens (including phenoxy) is 1. The van der Waals surface area contributed by atoms with Gasteiger partial charge in [-0.3, -0.25) is 0 Å². The van der Waals surface area contributed by atoms with E-state index in [0.717, 1.165) is 51.4 Å². The van der Waals surface area contributed by atoms with E-state index in [0.29, 0.717) is 17.8 Å². The van der Waals surface area contributed by atoms with Crippen molar-refractivity contribution in [1.82, 2.24) is 0 Å². The fourth-order valence-corrected chi connectivity index (χ4v) is 3.30. The zero-order valence-electron chi connectivity index (χ0n) is 13.6. The van der Waals surface area contributed by atoms with Gasteiger partial charge in [0.15, 0.2) is 0 Å². The Balaban J connectivity index is 1.71. The fraction of sp³-hybridized carbons (Fsp3) is 0.571. The van der Waals surface area contributed by atoms with E-state index in [9.17, 15) is 4.79 Å². The molecule has 0 heterocycles. The van der Waals surface area contributed by atoms with Crippen LogP contribution in [-0.2, 0) is 9.53 Å². The molecule has 0 atom stereocenters. The number of hydrogen-bond donors (Lipinski definition) is 0. The molecule has 0 amide bonds. The molecule has 0 bridgehead atoms. The summed E-state index contributed by atoms with van der Waals surface area (Å²) >= 11 is 0. The highest BCUT2D eigenvalue weighted by Crippen LogP contribution is 2.29. The van der Waals surface area contributed by atoms with Crippen LogP contribution >= 0.6 is 0 Å². The highest BCUT2D eigenvalue weighted by atomic mass is 16.5. The molecule has 23 heavy (non-hydrogen) atoms. The monoisotopic (exact) mass is 308 g/mol. The lowest BCUT2D eigenvalue weighted by molar-refractivity contribution is -0.144. The van der Waals surface area contributed by atoms with E-state index in [1.54, 1.807) is 0 Å². The van der Waals surface area contributed by atoms with Crippen LogP contribution in [0, 0.1) is 53.8 Å². The molecule has 0 aromatic heterocycles. The molecule has 0 aliphatic heterocycles. The van der Waals surface area contributed by atoms with Crippen LogP contribution in [0.4, 0.5) is 0 Å². The number of carbonyl (C=O) groups excluding carboxylic acids is 1. The third-order valence-electron chi connectivity index (χ3n) is 4.69. The first kappa shape index (κ1) is 17.2. The summed E-state index contributed by atoms with van der Waals surface area (Å²) in [5.74, 6) is 16.3. The van der Waals surface area contributed by atoms with Crippen LogP contribution in [0.25, 0.3) is 0 Å². The Labute approximate surface area is 140 Å². The van der Waals surface area contributed by atoms with Gasteiger partial charge in [-0.15, -0.1) is 6.42 Å². The van der Waals surface area contributed by atoms with Crippen LogP contribution in [0.1, 0.15) is 51.4 Å². The van der Waals surface area contributed by atoms with Gasteiger partial charge in [-0.1, -0.05) is 24.3 Å². The summed E-state index contributed by atoms with van der Waals surface area (Å²) in [6.45, 7) is 3.43. The van der Waals surface area contributed by atoms with Gasteiger partial charge in [-0.05, 0) is 63.2 Å². The first-order valence-electron chi connectivity index (χ1n) is 8.51. The SMILES string of the molecule is C#CC#CC1CCC(C#CC2CCC(OC(=O)C=C)CC2)CC1. The molecule has 2 aliphatic rings. The van der Waals surface area contributed by atoms with Crippen molar-refractivity contribution in [2.24, 2.45) is 17.8 Å². The normalized spacial score (nSPS) is 29.7. The minimum absolute atomic E-state index is 0.0451. The van der Waals surface area contributed by atoms with E-state index in [2.05, 4.69) is 36.2 Å². The average Bonchev–Trinajstić information content (AvgIpc) is 2.60. The van der Waals surface area contributed by atoms with E-state index >= 15 is 0 Å². The Morgan fingerprint density at radius 2 is 1.39 bits per heavy atom. The van der Waals surface area contributed by atoms with Crippen molar-refractivity contribution >= 4 is 5.97 Å². The quantitative estimate of drug-likeness (QED) is 0.441. The lowest BCUT2D eigenvalue weighted by atomic mass is 9.81. The van der Waals surface area contributed by atoms with Gasteiger partial charge in [-0.25, -0.2) is 4.79 Å². The Bertz CT molecular complexity index is 571. The van der Waals surface area contributed by atoms with Gasteiger partial charge in [0.2, 0.25) is 0 Å². The summed E-state index contributed by atoms with van der Waals surface area (Å²) in [5.41, 5.74) is 0. The molecule has 0 saturated heterocycles. The van der Waals surface area contributed by atoms with Crippen LogP contribution in [0.3, 0.4) is 0 Å². The summed E-state index contributed by atoms with van der Waals surface area (Å²) in [7, 11) is 0. The number of carbonyl (C=O) groups is 1. The zero-order valence-corrected chi connectivity index (χ0v) is 13.6. The summed E-state index contributed by atoms with van der Waals surface area (Å²) in [6.07, 6.45) is 14.8. The van der Waals surface area contributed by atoms with Gasteiger partial charge in [0.25, 0.3) is 0 Å². The van der Waals surface area contributed by atoms with Crippen molar-refractivity contribution in [3.05, 3.63) is 12.7 Å². The predicted octanol–water partition coefficient (Wildman–Crippen LogP) is 3.72. The highest BCUT2D eigenvalue weighted by Gasteiger charge is 2.23. The van der Waals surface area contributed by atoms with E-state index in [1.807, 2.05) is 0 Å². The maximum Gasteiger partial charge on any atom is 0.330 e. The van der Waals surface area contributed by atoms with Gasteiger partial charge in [0.05, 0.1) is 0 Å². The summed E-state index contributed by atoms with van der Waals surface area (Å²) in [4.78, 5) is 11.2. The standard InChI is InChI=1S/C21H24O2/c1-3-5-6-17-7-9-18(10-8-17)11-12-19-13-15-20(16-14-19)23-21(22)4-2/h1,4,17-20H,2,7-10,13-16H2. The second-order valence-corrected chi connectivity index (χ2v) is 6.37. The topological polar surface area (TPSA) is 26.3 Å². The number of terminal acetylenes is 1. The molecule has 0 aromatic rings. The van der Waals surface area contributed by atoms with Crippen molar-refractivity contribution in [3.63, 3.8) is 0 Å². The van der Waals surface area contributed by atoms with Crippen LogP contribution in [-0.4, -0.2) is 12.1 Å². The molecule has 2 saturated carbocycles. The highest BCUT2D eigenvalue weighted by molar-refractivity contribution is 5.81. The molecule has 2 fully saturated rings. The van der Waals surface area contributed by atoms with Gasteiger partial charge in [-0.2, -0.15) is 0 Å². The maximum absolute atomic E-state index is 11.2. The molecule has 2 aliphatic carbocycles. The van der Waals surface area contributed by atoms with Gasteiger partial charge < -0.3 is 4.74 Å². The van der Waals surface area contributed by atoms with Crippen molar-refractivity contribution in [2.75, 3.05) is 0 Å². The third kappa shape index (κ3) is 5.88. The maximum atomic E-state index is 11.2. The molecule has 0 radical (unpaired) electrons. The first-order chi connectivity index (χ1) is 11.2. The molecular weight excluding hydrogens is 284 g/mol. The van der Waals surface area contributed by atoms with Crippen molar-refractivity contribution in [1.29, 1.82) is 0 Å².